The Balaban J connectivity index is 0.989. The minimum atomic E-state index is -1.17. The highest BCUT2D eigenvalue weighted by molar-refractivity contribution is 8.00. The zero-order chi connectivity index (χ0) is 40.5. The predicted molar refractivity (Wildman–Crippen MR) is 207 cm³/mol. The summed E-state index contributed by atoms with van der Waals surface area (Å²) in [6.07, 6.45) is 9.22. The lowest BCUT2D eigenvalue weighted by Crippen LogP contribution is -2.48. The van der Waals surface area contributed by atoms with Crippen LogP contribution in [0.3, 0.4) is 0 Å². The summed E-state index contributed by atoms with van der Waals surface area (Å²) >= 11 is 1.95. The van der Waals surface area contributed by atoms with Gasteiger partial charge in [-0.25, -0.2) is 0 Å². The molecule has 7 saturated carbocycles. The molecule has 7 aliphatic carbocycles. The number of aliphatic carboxylic acids is 1. The fourth-order valence-electron chi connectivity index (χ4n) is 14.9. The van der Waals surface area contributed by atoms with Crippen LogP contribution in [0.2, 0.25) is 0 Å². The molecule has 0 aromatic rings. The number of rotatable bonds is 10. The van der Waals surface area contributed by atoms with E-state index in [1.165, 1.54) is 19.3 Å². The molecule has 2 heterocycles. The standard InChI is InChI=1S/C45H62O11S/c1-19-20-12-23(26(13-20)38(46)47)31(19)32-21-14-24(27(15-21)40(49)56-44(2,3)4)34(32)35-29(39(48)55-42(35)51)17-45(5,6)43(52)54-36-28-16-25(30-18-53-41(50)33(28)30)37(36)57-22-10-8-7-9-11-22/h19-37H,7-18H2,1-6H3,(H,46,47). The number of carbonyl (C=O) groups excluding carboxylic acids is 5. The molecule has 12 heteroatoms. The van der Waals surface area contributed by atoms with Gasteiger partial charge in [0.05, 0.1) is 41.6 Å². The van der Waals surface area contributed by atoms with Gasteiger partial charge in [-0.3, -0.25) is 28.8 Å². The third kappa shape index (κ3) is 6.57. The lowest BCUT2D eigenvalue weighted by atomic mass is 9.56. The van der Waals surface area contributed by atoms with Crippen molar-refractivity contribution >= 4 is 47.6 Å². The van der Waals surface area contributed by atoms with Crippen LogP contribution >= 0.6 is 11.8 Å². The number of esters is 5. The molecule has 9 rings (SSSR count). The van der Waals surface area contributed by atoms with Crippen LogP contribution in [0.1, 0.15) is 112 Å². The Bertz CT molecular complexity index is 1690. The average Bonchev–Trinajstić information content (AvgIpc) is 4.01. The van der Waals surface area contributed by atoms with E-state index in [2.05, 4.69) is 6.92 Å². The van der Waals surface area contributed by atoms with Gasteiger partial charge in [-0.05, 0) is 139 Å². The van der Waals surface area contributed by atoms with Crippen molar-refractivity contribution < 1.29 is 52.8 Å². The first-order chi connectivity index (χ1) is 26.9. The molecule has 0 spiro atoms. The second-order valence-electron chi connectivity index (χ2n) is 21.5. The smallest absolute Gasteiger partial charge is 0.317 e. The number of fused-ring (bicyclic) bond motifs is 9. The van der Waals surface area contributed by atoms with E-state index in [1.807, 2.05) is 32.5 Å². The minimum Gasteiger partial charge on any atom is -0.481 e. The number of thioether (sulfide) groups is 1. The Hall–Kier alpha value is -2.63. The Morgan fingerprint density at radius 3 is 2.12 bits per heavy atom. The molecule has 57 heavy (non-hydrogen) atoms. The summed E-state index contributed by atoms with van der Waals surface area (Å²) in [5.41, 5.74) is -1.86. The van der Waals surface area contributed by atoms with Crippen LogP contribution in [-0.2, 0) is 47.7 Å². The van der Waals surface area contributed by atoms with Gasteiger partial charge in [0.2, 0.25) is 0 Å². The van der Waals surface area contributed by atoms with Crippen molar-refractivity contribution in [2.24, 2.45) is 100 Å². The number of hydrogen-bond acceptors (Lipinski definition) is 11. The molecular weight excluding hydrogens is 749 g/mol. The molecule has 0 aromatic carbocycles. The van der Waals surface area contributed by atoms with Gasteiger partial charge in [0, 0.05) is 22.3 Å². The van der Waals surface area contributed by atoms with Crippen LogP contribution in [0, 0.1) is 100 Å². The van der Waals surface area contributed by atoms with Crippen molar-refractivity contribution in [1.29, 1.82) is 0 Å². The molecule has 18 unspecified atom stereocenters. The number of hydrogen-bond donors (Lipinski definition) is 1. The van der Waals surface area contributed by atoms with Crippen LogP contribution in [0.15, 0.2) is 0 Å². The van der Waals surface area contributed by atoms with Gasteiger partial charge in [0.25, 0.3) is 0 Å². The van der Waals surface area contributed by atoms with E-state index in [1.54, 1.807) is 13.8 Å². The van der Waals surface area contributed by atoms with Crippen molar-refractivity contribution in [3.63, 3.8) is 0 Å². The summed E-state index contributed by atoms with van der Waals surface area (Å²) in [7, 11) is 0. The lowest BCUT2D eigenvalue weighted by molar-refractivity contribution is -0.167. The third-order valence-electron chi connectivity index (χ3n) is 17.0. The maximum atomic E-state index is 14.5. The number of cyclic esters (lactones) is 3. The highest BCUT2D eigenvalue weighted by atomic mass is 32.2. The van der Waals surface area contributed by atoms with Crippen molar-refractivity contribution in [3.8, 4) is 0 Å². The Morgan fingerprint density at radius 1 is 0.754 bits per heavy atom. The van der Waals surface area contributed by atoms with E-state index in [9.17, 15) is 33.9 Å². The van der Waals surface area contributed by atoms with Crippen LogP contribution in [0.5, 0.6) is 0 Å². The highest BCUT2D eigenvalue weighted by Gasteiger charge is 2.69. The molecule has 0 amide bonds. The summed E-state index contributed by atoms with van der Waals surface area (Å²) in [5, 5.41) is 10.8. The second-order valence-corrected chi connectivity index (χ2v) is 23.0. The molecule has 1 N–H and O–H groups in total. The normalized spacial score (nSPS) is 46.0. The van der Waals surface area contributed by atoms with E-state index < -0.39 is 64.7 Å². The fourth-order valence-corrected chi connectivity index (χ4v) is 16.9. The Kier molecular flexibility index (Phi) is 9.95. The SMILES string of the molecule is CC1C2CC(C(=O)O)C(C2)C1C1C2CC(C(=O)OC(C)(C)C)C(C2)C1C1C(=O)OC(=O)C1CC(C)(C)C(=O)OC1C2CC(C3COC(=O)C32)C1SC1CCCCC1. The molecule has 0 radical (unpaired) electrons. The third-order valence-corrected chi connectivity index (χ3v) is 18.8. The van der Waals surface area contributed by atoms with Crippen LogP contribution < -0.4 is 0 Å². The average molecular weight is 811 g/mol. The molecule has 9 aliphatic rings. The molecular formula is C45H62O11S. The molecule has 2 saturated heterocycles. The van der Waals surface area contributed by atoms with Crippen LogP contribution in [-0.4, -0.2) is 69.7 Å². The van der Waals surface area contributed by atoms with Gasteiger partial charge in [0.15, 0.2) is 0 Å². The van der Waals surface area contributed by atoms with Gasteiger partial charge >= 0.3 is 35.8 Å². The summed E-state index contributed by atoms with van der Waals surface area (Å²) in [6.45, 7) is 11.8. The van der Waals surface area contributed by atoms with Crippen molar-refractivity contribution in [2.45, 2.75) is 134 Å². The number of carboxylic acids is 1. The molecule has 6 bridgehead atoms. The summed E-state index contributed by atoms with van der Waals surface area (Å²) < 4.78 is 23.6. The quantitative estimate of drug-likeness (QED) is 0.141. The topological polar surface area (TPSA) is 160 Å². The number of carbonyl (C=O) groups is 6. The molecule has 314 valence electrons. The first-order valence-electron chi connectivity index (χ1n) is 22.2. The first kappa shape index (κ1) is 39.8. The van der Waals surface area contributed by atoms with Gasteiger partial charge < -0.3 is 24.1 Å². The van der Waals surface area contributed by atoms with Crippen molar-refractivity contribution in [1.82, 2.24) is 0 Å². The largest absolute Gasteiger partial charge is 0.481 e. The minimum absolute atomic E-state index is 0.0229. The van der Waals surface area contributed by atoms with E-state index in [-0.39, 0.29) is 94.6 Å². The van der Waals surface area contributed by atoms with Gasteiger partial charge in [0.1, 0.15) is 11.7 Å². The van der Waals surface area contributed by atoms with E-state index in [0.717, 1.165) is 25.7 Å². The van der Waals surface area contributed by atoms with Gasteiger partial charge in [-0.1, -0.05) is 26.2 Å². The number of carboxylic acid groups (broad SMARTS) is 1. The molecule has 18 atom stereocenters. The van der Waals surface area contributed by atoms with Gasteiger partial charge in [-0.2, -0.15) is 11.8 Å². The van der Waals surface area contributed by atoms with Gasteiger partial charge in [-0.15, -0.1) is 0 Å². The molecule has 0 aromatic heterocycles. The van der Waals surface area contributed by atoms with Crippen LogP contribution in [0.25, 0.3) is 0 Å². The predicted octanol–water partition coefficient (Wildman–Crippen LogP) is 6.73. The lowest BCUT2D eigenvalue weighted by Gasteiger charge is -2.46. The zero-order valence-corrected chi connectivity index (χ0v) is 35.2. The van der Waals surface area contributed by atoms with Crippen molar-refractivity contribution in [3.05, 3.63) is 0 Å². The van der Waals surface area contributed by atoms with Crippen LogP contribution in [0.4, 0.5) is 0 Å². The first-order valence-corrected chi connectivity index (χ1v) is 23.1. The van der Waals surface area contributed by atoms with E-state index in [0.29, 0.717) is 31.1 Å². The summed E-state index contributed by atoms with van der Waals surface area (Å²) in [6, 6.07) is 0. The Morgan fingerprint density at radius 2 is 1.44 bits per heavy atom. The summed E-state index contributed by atoms with van der Waals surface area (Å²) in [5.74, 6) is -5.55. The number of ether oxygens (including phenoxy) is 4. The molecule has 2 aliphatic heterocycles. The molecule has 11 nitrogen and oxygen atoms in total. The highest BCUT2D eigenvalue weighted by Crippen LogP contribution is 2.69. The summed E-state index contributed by atoms with van der Waals surface area (Å²) in [4.78, 5) is 81.8. The second kappa shape index (κ2) is 14.2. The van der Waals surface area contributed by atoms with Crippen molar-refractivity contribution in [2.75, 3.05) is 6.61 Å². The maximum absolute atomic E-state index is 14.5. The van der Waals surface area contributed by atoms with E-state index in [4.69, 9.17) is 18.9 Å². The fraction of sp³-hybridized carbons (Fsp3) is 0.867. The Labute approximate surface area is 340 Å². The van der Waals surface area contributed by atoms with E-state index >= 15 is 0 Å². The maximum Gasteiger partial charge on any atom is 0.317 e. The zero-order valence-electron chi connectivity index (χ0n) is 34.4. The molecule has 9 fully saturated rings. The monoisotopic (exact) mass is 810 g/mol.